The molecule has 0 heterocycles. The first-order valence-electron chi connectivity index (χ1n) is 11.5. The first-order valence-corrected chi connectivity index (χ1v) is 12.5. The summed E-state index contributed by atoms with van der Waals surface area (Å²) in [5.74, 6) is 1.61. The van der Waals surface area contributed by atoms with Gasteiger partial charge in [-0.1, -0.05) is 50.5 Å². The van der Waals surface area contributed by atoms with Crippen LogP contribution in [0.2, 0.25) is 0 Å². The van der Waals surface area contributed by atoms with Crippen LogP contribution >= 0.6 is 11.8 Å². The molecule has 5 nitrogen and oxygen atoms in total. The molecule has 6 heteroatoms. The van der Waals surface area contributed by atoms with E-state index >= 15 is 0 Å². The lowest BCUT2D eigenvalue weighted by Crippen LogP contribution is -2.31. The number of carbonyl (C=O) groups is 2. The van der Waals surface area contributed by atoms with E-state index in [9.17, 15) is 9.59 Å². The largest absolute Gasteiger partial charge is 0.497 e. The van der Waals surface area contributed by atoms with Crippen molar-refractivity contribution < 1.29 is 14.3 Å². The van der Waals surface area contributed by atoms with Gasteiger partial charge in [-0.05, 0) is 55.0 Å². The van der Waals surface area contributed by atoms with Crippen LogP contribution in [0.5, 0.6) is 5.75 Å². The lowest BCUT2D eigenvalue weighted by atomic mass is 9.89. The van der Waals surface area contributed by atoms with Gasteiger partial charge in [-0.2, -0.15) is 0 Å². The van der Waals surface area contributed by atoms with Crippen LogP contribution in [0, 0.1) is 5.92 Å². The van der Waals surface area contributed by atoms with Gasteiger partial charge in [0.1, 0.15) is 5.75 Å². The molecular weight excluding hydrogens is 420 g/mol. The summed E-state index contributed by atoms with van der Waals surface area (Å²) in [6.45, 7) is 2.81. The standard InChI is InChI=1S/C26H34N2O3S/c1-3-23(20-13-15-21(31-2)16-14-20)28-26(30)22-11-7-8-12-24(22)32-18-25(29)27-17-19-9-5-4-6-10-19/h7-8,11-16,19,23H,3-6,9-10,17-18H2,1-2H3,(H,27,29)(H,28,30). The minimum absolute atomic E-state index is 0.0282. The zero-order chi connectivity index (χ0) is 22.8. The Bertz CT molecular complexity index is 879. The van der Waals surface area contributed by atoms with Crippen molar-refractivity contribution in [3.05, 3.63) is 59.7 Å². The van der Waals surface area contributed by atoms with Crippen LogP contribution in [-0.2, 0) is 4.79 Å². The lowest BCUT2D eigenvalue weighted by molar-refractivity contribution is -0.118. The number of ether oxygens (including phenoxy) is 1. The third-order valence-electron chi connectivity index (χ3n) is 6.03. The number of carbonyl (C=O) groups excluding carboxylic acids is 2. The van der Waals surface area contributed by atoms with Crippen LogP contribution in [0.1, 0.15) is 67.4 Å². The van der Waals surface area contributed by atoms with E-state index in [1.54, 1.807) is 7.11 Å². The quantitative estimate of drug-likeness (QED) is 0.474. The van der Waals surface area contributed by atoms with Gasteiger partial charge in [0, 0.05) is 11.4 Å². The van der Waals surface area contributed by atoms with Crippen molar-refractivity contribution in [3.8, 4) is 5.75 Å². The number of nitrogens with one attached hydrogen (secondary N) is 2. The Morgan fingerprint density at radius 1 is 1.06 bits per heavy atom. The monoisotopic (exact) mass is 454 g/mol. The van der Waals surface area contributed by atoms with E-state index in [4.69, 9.17) is 4.74 Å². The number of rotatable bonds is 10. The van der Waals surface area contributed by atoms with Gasteiger partial charge in [0.05, 0.1) is 24.5 Å². The highest BCUT2D eigenvalue weighted by Crippen LogP contribution is 2.26. The Kier molecular flexibility index (Phi) is 9.47. The maximum atomic E-state index is 13.1. The van der Waals surface area contributed by atoms with Crippen molar-refractivity contribution in [2.24, 2.45) is 5.92 Å². The zero-order valence-corrected chi connectivity index (χ0v) is 19.9. The van der Waals surface area contributed by atoms with Crippen molar-refractivity contribution in [1.29, 1.82) is 0 Å². The van der Waals surface area contributed by atoms with Crippen LogP contribution in [0.15, 0.2) is 53.4 Å². The maximum absolute atomic E-state index is 13.1. The topological polar surface area (TPSA) is 67.4 Å². The second-order valence-electron chi connectivity index (χ2n) is 8.30. The minimum atomic E-state index is -0.126. The van der Waals surface area contributed by atoms with Gasteiger partial charge in [-0.25, -0.2) is 0 Å². The summed E-state index contributed by atoms with van der Waals surface area (Å²) >= 11 is 1.42. The summed E-state index contributed by atoms with van der Waals surface area (Å²) in [5.41, 5.74) is 1.64. The molecule has 1 saturated carbocycles. The third kappa shape index (κ3) is 7.02. The van der Waals surface area contributed by atoms with Gasteiger partial charge < -0.3 is 15.4 Å². The highest BCUT2D eigenvalue weighted by molar-refractivity contribution is 8.00. The van der Waals surface area contributed by atoms with Crippen LogP contribution in [0.4, 0.5) is 0 Å². The highest BCUT2D eigenvalue weighted by Gasteiger charge is 2.18. The van der Waals surface area contributed by atoms with E-state index < -0.39 is 0 Å². The summed E-state index contributed by atoms with van der Waals surface area (Å²) < 4.78 is 5.22. The second-order valence-corrected chi connectivity index (χ2v) is 9.32. The van der Waals surface area contributed by atoms with Crippen molar-refractivity contribution in [1.82, 2.24) is 10.6 Å². The molecule has 2 aromatic carbocycles. The van der Waals surface area contributed by atoms with E-state index in [-0.39, 0.29) is 17.9 Å². The Balaban J connectivity index is 1.56. The molecule has 1 unspecified atom stereocenters. The Morgan fingerprint density at radius 2 is 1.78 bits per heavy atom. The fraction of sp³-hybridized carbons (Fsp3) is 0.462. The van der Waals surface area contributed by atoms with E-state index in [2.05, 4.69) is 10.6 Å². The molecule has 1 fully saturated rings. The molecule has 32 heavy (non-hydrogen) atoms. The first kappa shape index (κ1) is 24.2. The molecule has 2 aromatic rings. The molecular formula is C26H34N2O3S. The lowest BCUT2D eigenvalue weighted by Gasteiger charge is -2.21. The molecule has 0 aromatic heterocycles. The number of thioether (sulfide) groups is 1. The molecule has 0 bridgehead atoms. The summed E-state index contributed by atoms with van der Waals surface area (Å²) in [6.07, 6.45) is 7.06. The molecule has 0 aliphatic heterocycles. The molecule has 0 radical (unpaired) electrons. The molecule has 3 rings (SSSR count). The molecule has 2 amide bonds. The van der Waals surface area contributed by atoms with Crippen molar-refractivity contribution in [3.63, 3.8) is 0 Å². The fourth-order valence-electron chi connectivity index (χ4n) is 4.12. The second kappa shape index (κ2) is 12.5. The number of hydrogen-bond donors (Lipinski definition) is 2. The van der Waals surface area contributed by atoms with Crippen molar-refractivity contribution >= 4 is 23.6 Å². The maximum Gasteiger partial charge on any atom is 0.252 e. The summed E-state index contributed by atoms with van der Waals surface area (Å²) in [5, 5.41) is 6.21. The van der Waals surface area contributed by atoms with Crippen LogP contribution in [0.3, 0.4) is 0 Å². The van der Waals surface area contributed by atoms with Crippen LogP contribution in [0.25, 0.3) is 0 Å². The molecule has 1 aliphatic rings. The van der Waals surface area contributed by atoms with Gasteiger partial charge in [0.15, 0.2) is 0 Å². The van der Waals surface area contributed by atoms with Crippen LogP contribution < -0.4 is 15.4 Å². The molecule has 1 aliphatic carbocycles. The van der Waals surface area contributed by atoms with E-state index in [1.165, 1.54) is 43.9 Å². The molecule has 2 N–H and O–H groups in total. The fourth-order valence-corrected chi connectivity index (χ4v) is 5.00. The molecule has 0 spiro atoms. The van der Waals surface area contributed by atoms with E-state index in [0.29, 0.717) is 17.2 Å². The molecule has 172 valence electrons. The minimum Gasteiger partial charge on any atom is -0.497 e. The Labute approximate surface area is 195 Å². The van der Waals surface area contributed by atoms with Gasteiger partial charge >= 0.3 is 0 Å². The third-order valence-corrected chi connectivity index (χ3v) is 7.11. The van der Waals surface area contributed by atoms with E-state index in [1.807, 2.05) is 55.5 Å². The zero-order valence-electron chi connectivity index (χ0n) is 19.1. The van der Waals surface area contributed by atoms with E-state index in [0.717, 1.165) is 29.2 Å². The summed E-state index contributed by atoms with van der Waals surface area (Å²) in [4.78, 5) is 26.2. The average molecular weight is 455 g/mol. The predicted molar refractivity (Wildman–Crippen MR) is 130 cm³/mol. The van der Waals surface area contributed by atoms with Gasteiger partial charge in [-0.15, -0.1) is 11.8 Å². The highest BCUT2D eigenvalue weighted by atomic mass is 32.2. The first-order chi connectivity index (χ1) is 15.6. The van der Waals surface area contributed by atoms with Crippen LogP contribution in [-0.4, -0.2) is 31.2 Å². The van der Waals surface area contributed by atoms with Crippen molar-refractivity contribution in [2.75, 3.05) is 19.4 Å². The molecule has 1 atom stereocenters. The average Bonchev–Trinajstić information content (AvgIpc) is 2.85. The van der Waals surface area contributed by atoms with Crippen molar-refractivity contribution in [2.45, 2.75) is 56.4 Å². The summed E-state index contributed by atoms with van der Waals surface area (Å²) in [6, 6.07) is 15.1. The number of benzene rings is 2. The smallest absolute Gasteiger partial charge is 0.252 e. The molecule has 0 saturated heterocycles. The SMILES string of the molecule is CCC(NC(=O)c1ccccc1SCC(=O)NCC1CCCCC1)c1ccc(OC)cc1. The van der Waals surface area contributed by atoms with Gasteiger partial charge in [-0.3, -0.25) is 9.59 Å². The summed E-state index contributed by atoms with van der Waals surface area (Å²) in [7, 11) is 1.64. The number of methoxy groups -OCH3 is 1. The Morgan fingerprint density at radius 3 is 2.47 bits per heavy atom. The van der Waals surface area contributed by atoms with Gasteiger partial charge in [0.25, 0.3) is 5.91 Å². The number of hydrogen-bond acceptors (Lipinski definition) is 4. The normalized spacial score (nSPS) is 15.1. The van der Waals surface area contributed by atoms with Gasteiger partial charge in [0.2, 0.25) is 5.91 Å². The number of amides is 2. The predicted octanol–water partition coefficient (Wildman–Crippen LogP) is 5.36. The Hall–Kier alpha value is -2.47.